The van der Waals surface area contributed by atoms with Crippen molar-refractivity contribution in [2.24, 2.45) is 5.73 Å². The third kappa shape index (κ3) is 2.20. The quantitative estimate of drug-likeness (QED) is 0.732. The van der Waals surface area contributed by atoms with E-state index in [1.807, 2.05) is 30.3 Å². The molecule has 3 nitrogen and oxygen atoms in total. The van der Waals surface area contributed by atoms with Crippen molar-refractivity contribution in [3.8, 4) is 0 Å². The van der Waals surface area contributed by atoms with Crippen LogP contribution in [0.5, 0.6) is 0 Å². The summed E-state index contributed by atoms with van der Waals surface area (Å²) in [5.74, 6) is -0.541. The fourth-order valence-electron chi connectivity index (χ4n) is 1.24. The largest absolute Gasteiger partial charge is 0.372 e. The Morgan fingerprint density at radius 1 is 1.43 bits per heavy atom. The molecular formula is C11H13NO2. The van der Waals surface area contributed by atoms with Gasteiger partial charge in [-0.1, -0.05) is 36.9 Å². The number of primary amides is 1. The zero-order valence-electron chi connectivity index (χ0n) is 8.07. The lowest BCUT2D eigenvalue weighted by molar-refractivity contribution is -0.115. The summed E-state index contributed by atoms with van der Waals surface area (Å²) in [5, 5.41) is 0. The SMILES string of the molecule is C=C(C(N)=O)[C@@H](OC)c1ccccc1. The molecule has 14 heavy (non-hydrogen) atoms. The third-order valence-electron chi connectivity index (χ3n) is 1.97. The third-order valence-corrected chi connectivity index (χ3v) is 1.97. The summed E-state index contributed by atoms with van der Waals surface area (Å²) >= 11 is 0. The van der Waals surface area contributed by atoms with Crippen LogP contribution in [-0.4, -0.2) is 13.0 Å². The minimum atomic E-state index is -0.541. The van der Waals surface area contributed by atoms with Gasteiger partial charge in [0.2, 0.25) is 5.91 Å². The number of benzene rings is 1. The molecule has 0 aromatic heterocycles. The molecule has 0 aliphatic heterocycles. The molecule has 1 aromatic carbocycles. The van der Waals surface area contributed by atoms with Crippen LogP contribution < -0.4 is 5.73 Å². The number of ether oxygens (including phenoxy) is 1. The molecule has 0 spiro atoms. The van der Waals surface area contributed by atoms with E-state index in [0.29, 0.717) is 0 Å². The van der Waals surface area contributed by atoms with E-state index in [1.165, 1.54) is 7.11 Å². The number of hydrogen-bond acceptors (Lipinski definition) is 2. The normalized spacial score (nSPS) is 12.1. The second-order valence-corrected chi connectivity index (χ2v) is 2.92. The zero-order valence-corrected chi connectivity index (χ0v) is 8.07. The predicted molar refractivity (Wildman–Crippen MR) is 54.5 cm³/mol. The Bertz CT molecular complexity index is 332. The van der Waals surface area contributed by atoms with Crippen LogP contribution in [0.3, 0.4) is 0 Å². The van der Waals surface area contributed by atoms with Crippen molar-refractivity contribution < 1.29 is 9.53 Å². The average Bonchev–Trinajstić information content (AvgIpc) is 2.20. The van der Waals surface area contributed by atoms with Crippen LogP contribution in [0.4, 0.5) is 0 Å². The lowest BCUT2D eigenvalue weighted by Crippen LogP contribution is -2.19. The predicted octanol–water partition coefficient (Wildman–Crippen LogP) is 1.42. The molecule has 0 aliphatic rings. The van der Waals surface area contributed by atoms with Crippen molar-refractivity contribution in [1.82, 2.24) is 0 Å². The van der Waals surface area contributed by atoms with Gasteiger partial charge in [0.1, 0.15) is 6.10 Å². The Morgan fingerprint density at radius 3 is 2.43 bits per heavy atom. The van der Waals surface area contributed by atoms with Gasteiger partial charge in [-0.15, -0.1) is 0 Å². The number of hydrogen-bond donors (Lipinski definition) is 1. The van der Waals surface area contributed by atoms with E-state index in [-0.39, 0.29) is 5.57 Å². The number of amides is 1. The maximum Gasteiger partial charge on any atom is 0.247 e. The van der Waals surface area contributed by atoms with Crippen LogP contribution in [-0.2, 0) is 9.53 Å². The molecule has 0 saturated carbocycles. The van der Waals surface area contributed by atoms with Crippen LogP contribution in [0, 0.1) is 0 Å². The number of rotatable bonds is 4. The summed E-state index contributed by atoms with van der Waals surface area (Å²) in [7, 11) is 1.52. The van der Waals surface area contributed by atoms with Gasteiger partial charge in [-0.05, 0) is 5.56 Å². The first-order chi connectivity index (χ1) is 6.66. The van der Waals surface area contributed by atoms with Crippen molar-refractivity contribution in [2.75, 3.05) is 7.11 Å². The number of carbonyl (C=O) groups is 1. The molecule has 1 atom stereocenters. The van der Waals surface area contributed by atoms with Gasteiger partial charge in [0.05, 0.1) is 0 Å². The number of methoxy groups -OCH3 is 1. The summed E-state index contributed by atoms with van der Waals surface area (Å²) in [6.07, 6.45) is -0.450. The minimum Gasteiger partial charge on any atom is -0.372 e. The summed E-state index contributed by atoms with van der Waals surface area (Å²) < 4.78 is 5.16. The highest BCUT2D eigenvalue weighted by atomic mass is 16.5. The highest BCUT2D eigenvalue weighted by molar-refractivity contribution is 5.92. The van der Waals surface area contributed by atoms with E-state index >= 15 is 0 Å². The van der Waals surface area contributed by atoms with Gasteiger partial charge in [0.15, 0.2) is 0 Å². The van der Waals surface area contributed by atoms with E-state index in [0.717, 1.165) is 5.56 Å². The second kappa shape index (κ2) is 4.58. The van der Waals surface area contributed by atoms with E-state index < -0.39 is 12.0 Å². The van der Waals surface area contributed by atoms with E-state index in [1.54, 1.807) is 0 Å². The van der Waals surface area contributed by atoms with E-state index in [4.69, 9.17) is 10.5 Å². The molecule has 3 heteroatoms. The van der Waals surface area contributed by atoms with Gasteiger partial charge in [0.25, 0.3) is 0 Å². The smallest absolute Gasteiger partial charge is 0.247 e. The van der Waals surface area contributed by atoms with Crippen molar-refractivity contribution in [1.29, 1.82) is 0 Å². The first kappa shape index (κ1) is 10.5. The molecular weight excluding hydrogens is 178 g/mol. The van der Waals surface area contributed by atoms with Crippen molar-refractivity contribution in [3.05, 3.63) is 48.0 Å². The highest BCUT2D eigenvalue weighted by Crippen LogP contribution is 2.22. The summed E-state index contributed by atoms with van der Waals surface area (Å²) in [6.45, 7) is 3.60. The van der Waals surface area contributed by atoms with Crippen LogP contribution >= 0.6 is 0 Å². The molecule has 1 rings (SSSR count). The van der Waals surface area contributed by atoms with E-state index in [9.17, 15) is 4.79 Å². The Morgan fingerprint density at radius 2 is 2.00 bits per heavy atom. The fraction of sp³-hybridized carbons (Fsp3) is 0.182. The van der Waals surface area contributed by atoms with Crippen LogP contribution in [0.1, 0.15) is 11.7 Å². The maximum atomic E-state index is 10.9. The minimum absolute atomic E-state index is 0.263. The standard InChI is InChI=1S/C11H13NO2/c1-8(11(12)13)10(14-2)9-6-4-3-5-7-9/h3-7,10H,1H2,2H3,(H2,12,13)/t10-/m1/s1. The molecule has 1 amide bonds. The maximum absolute atomic E-state index is 10.9. The van der Waals surface area contributed by atoms with E-state index in [2.05, 4.69) is 6.58 Å². The van der Waals surface area contributed by atoms with Gasteiger partial charge in [-0.2, -0.15) is 0 Å². The van der Waals surface area contributed by atoms with Crippen molar-refractivity contribution >= 4 is 5.91 Å². The monoisotopic (exact) mass is 191 g/mol. The van der Waals surface area contributed by atoms with Crippen molar-refractivity contribution in [2.45, 2.75) is 6.10 Å². The number of carbonyl (C=O) groups excluding carboxylic acids is 1. The molecule has 1 aromatic rings. The summed E-state index contributed by atoms with van der Waals surface area (Å²) in [6, 6.07) is 9.36. The molecule has 0 heterocycles. The second-order valence-electron chi connectivity index (χ2n) is 2.92. The molecule has 2 N–H and O–H groups in total. The first-order valence-corrected chi connectivity index (χ1v) is 4.23. The summed E-state index contributed by atoms with van der Waals surface area (Å²) in [4.78, 5) is 10.9. The Balaban J connectivity index is 2.93. The lowest BCUT2D eigenvalue weighted by Gasteiger charge is -2.15. The molecule has 0 aliphatic carbocycles. The zero-order chi connectivity index (χ0) is 10.6. The molecule has 0 radical (unpaired) electrons. The average molecular weight is 191 g/mol. The van der Waals surface area contributed by atoms with Crippen molar-refractivity contribution in [3.63, 3.8) is 0 Å². The van der Waals surface area contributed by atoms with Crippen LogP contribution in [0.2, 0.25) is 0 Å². The topological polar surface area (TPSA) is 52.3 Å². The van der Waals surface area contributed by atoms with Crippen LogP contribution in [0.15, 0.2) is 42.5 Å². The summed E-state index contributed by atoms with van der Waals surface area (Å²) in [5.41, 5.74) is 6.27. The van der Waals surface area contributed by atoms with Gasteiger partial charge in [-0.3, -0.25) is 4.79 Å². The Kier molecular flexibility index (Phi) is 3.42. The lowest BCUT2D eigenvalue weighted by atomic mass is 10.0. The molecule has 74 valence electrons. The molecule has 0 bridgehead atoms. The molecule has 0 unspecified atom stereocenters. The van der Waals surface area contributed by atoms with Gasteiger partial charge in [-0.25, -0.2) is 0 Å². The fourth-order valence-corrected chi connectivity index (χ4v) is 1.24. The Hall–Kier alpha value is -1.61. The van der Waals surface area contributed by atoms with Crippen LogP contribution in [0.25, 0.3) is 0 Å². The Labute approximate surface area is 83.2 Å². The molecule has 0 saturated heterocycles. The highest BCUT2D eigenvalue weighted by Gasteiger charge is 2.17. The van der Waals surface area contributed by atoms with Gasteiger partial charge >= 0.3 is 0 Å². The van der Waals surface area contributed by atoms with Gasteiger partial charge in [0, 0.05) is 12.7 Å². The van der Waals surface area contributed by atoms with Gasteiger partial charge < -0.3 is 10.5 Å². The number of nitrogens with two attached hydrogens (primary N) is 1. The molecule has 0 fully saturated rings. The first-order valence-electron chi connectivity index (χ1n) is 4.23.